The highest BCUT2D eigenvalue weighted by Gasteiger charge is 2.04. The zero-order valence-electron chi connectivity index (χ0n) is 9.93. The molecule has 2 rings (SSSR count). The Hall–Kier alpha value is -0.910. The van der Waals surface area contributed by atoms with E-state index in [4.69, 9.17) is 5.73 Å². The van der Waals surface area contributed by atoms with Crippen LogP contribution in [0.5, 0.6) is 0 Å². The zero-order chi connectivity index (χ0) is 12.3. The van der Waals surface area contributed by atoms with Crippen LogP contribution >= 0.6 is 23.3 Å². The van der Waals surface area contributed by atoms with E-state index in [0.717, 1.165) is 15.9 Å². The molecule has 0 aliphatic rings. The Bertz CT molecular complexity index is 508. The van der Waals surface area contributed by atoms with Gasteiger partial charge in [0.2, 0.25) is 0 Å². The maximum absolute atomic E-state index is 5.61. The first kappa shape index (κ1) is 12.5. The van der Waals surface area contributed by atoms with Gasteiger partial charge in [-0.1, -0.05) is 30.0 Å². The van der Waals surface area contributed by atoms with Crippen molar-refractivity contribution in [3.8, 4) is 0 Å². The Morgan fingerprint density at radius 3 is 2.76 bits per heavy atom. The Balaban J connectivity index is 2.04. The highest BCUT2D eigenvalue weighted by molar-refractivity contribution is 8.00. The van der Waals surface area contributed by atoms with Crippen molar-refractivity contribution in [1.82, 2.24) is 9.36 Å². The van der Waals surface area contributed by atoms with Crippen LogP contribution in [0.2, 0.25) is 0 Å². The van der Waals surface area contributed by atoms with Crippen LogP contribution in [0.4, 0.5) is 0 Å². The molecule has 1 aromatic heterocycles. The molecule has 1 aromatic carbocycles. The van der Waals surface area contributed by atoms with Gasteiger partial charge in [-0.05, 0) is 42.1 Å². The van der Waals surface area contributed by atoms with E-state index < -0.39 is 0 Å². The molecular weight excluding hydrogens is 250 g/mol. The molecule has 5 heteroatoms. The molecule has 0 saturated heterocycles. The average Bonchev–Trinajstić information content (AvgIpc) is 2.73. The molecule has 0 saturated carbocycles. The van der Waals surface area contributed by atoms with Gasteiger partial charge in [-0.25, -0.2) is 4.98 Å². The molecule has 0 fully saturated rings. The highest BCUT2D eigenvalue weighted by atomic mass is 32.2. The van der Waals surface area contributed by atoms with E-state index in [2.05, 4.69) is 34.5 Å². The number of hydrogen-bond acceptors (Lipinski definition) is 5. The summed E-state index contributed by atoms with van der Waals surface area (Å²) in [5.74, 6) is 1.79. The summed E-state index contributed by atoms with van der Waals surface area (Å²) in [7, 11) is 0. The second-order valence-electron chi connectivity index (χ2n) is 3.86. The Morgan fingerprint density at radius 1 is 1.35 bits per heavy atom. The lowest BCUT2D eigenvalue weighted by Gasteiger charge is -2.06. The minimum absolute atomic E-state index is 0.601. The summed E-state index contributed by atoms with van der Waals surface area (Å²) < 4.78 is 5.20. The van der Waals surface area contributed by atoms with E-state index in [-0.39, 0.29) is 0 Å². The average molecular weight is 265 g/mol. The normalized spacial score (nSPS) is 10.8. The predicted octanol–water partition coefficient (Wildman–Crippen LogP) is 2.91. The minimum atomic E-state index is 0.601. The number of benzene rings is 1. The van der Waals surface area contributed by atoms with E-state index in [9.17, 15) is 0 Å². The van der Waals surface area contributed by atoms with Crippen LogP contribution in [0.15, 0.2) is 22.5 Å². The van der Waals surface area contributed by atoms with E-state index in [0.29, 0.717) is 6.54 Å². The lowest BCUT2D eigenvalue weighted by molar-refractivity contribution is 1.06. The van der Waals surface area contributed by atoms with Crippen molar-refractivity contribution in [3.63, 3.8) is 0 Å². The number of nitrogens with two attached hydrogens (primary N) is 1. The molecule has 1 heterocycles. The van der Waals surface area contributed by atoms with Gasteiger partial charge in [0.05, 0.1) is 0 Å². The maximum Gasteiger partial charge on any atom is 0.170 e. The molecule has 0 amide bonds. The molecule has 0 aliphatic heterocycles. The van der Waals surface area contributed by atoms with Crippen LogP contribution in [-0.2, 0) is 12.3 Å². The molecule has 17 heavy (non-hydrogen) atoms. The maximum atomic E-state index is 5.61. The van der Waals surface area contributed by atoms with Crippen molar-refractivity contribution >= 4 is 23.3 Å². The van der Waals surface area contributed by atoms with Crippen LogP contribution in [0, 0.1) is 13.8 Å². The van der Waals surface area contributed by atoms with Crippen LogP contribution in [0.3, 0.4) is 0 Å². The number of rotatable bonds is 4. The second-order valence-corrected chi connectivity index (χ2v) is 5.84. The number of aryl methyl sites for hydroxylation is 2. The van der Waals surface area contributed by atoms with Crippen LogP contribution in [0.1, 0.15) is 22.5 Å². The molecule has 0 unspecified atom stereocenters. The smallest absolute Gasteiger partial charge is 0.170 e. The van der Waals surface area contributed by atoms with E-state index in [1.165, 1.54) is 28.2 Å². The van der Waals surface area contributed by atoms with Gasteiger partial charge in [-0.15, -0.1) is 0 Å². The van der Waals surface area contributed by atoms with Crippen LogP contribution in [0.25, 0.3) is 0 Å². The van der Waals surface area contributed by atoms with E-state index >= 15 is 0 Å². The van der Waals surface area contributed by atoms with E-state index in [1.54, 1.807) is 11.8 Å². The molecule has 0 aliphatic carbocycles. The summed E-state index contributed by atoms with van der Waals surface area (Å²) in [6.07, 6.45) is 0. The number of thioether (sulfide) groups is 1. The van der Waals surface area contributed by atoms with Crippen molar-refractivity contribution in [2.24, 2.45) is 5.73 Å². The van der Waals surface area contributed by atoms with Gasteiger partial charge in [0.1, 0.15) is 5.82 Å². The van der Waals surface area contributed by atoms with Gasteiger partial charge in [0, 0.05) is 12.3 Å². The summed E-state index contributed by atoms with van der Waals surface area (Å²) in [6, 6.07) is 6.40. The summed E-state index contributed by atoms with van der Waals surface area (Å²) in [5, 5.41) is 0. The van der Waals surface area contributed by atoms with Gasteiger partial charge in [-0.3, -0.25) is 0 Å². The Morgan fingerprint density at radius 2 is 2.18 bits per heavy atom. The first-order chi connectivity index (χ1) is 8.19. The molecule has 0 bridgehead atoms. The van der Waals surface area contributed by atoms with Gasteiger partial charge in [-0.2, -0.15) is 4.37 Å². The monoisotopic (exact) mass is 265 g/mol. The minimum Gasteiger partial charge on any atom is -0.326 e. The lowest BCUT2D eigenvalue weighted by Crippen LogP contribution is -1.97. The van der Waals surface area contributed by atoms with Crippen LogP contribution < -0.4 is 5.73 Å². The van der Waals surface area contributed by atoms with E-state index in [1.807, 2.05) is 6.92 Å². The van der Waals surface area contributed by atoms with Crippen molar-refractivity contribution in [2.75, 3.05) is 0 Å². The van der Waals surface area contributed by atoms with Gasteiger partial charge in [0.15, 0.2) is 4.34 Å². The SMILES string of the molecule is Cc1nsc(SCc2ccc(CN)cc2C)n1. The third-order valence-electron chi connectivity index (χ3n) is 2.50. The van der Waals surface area contributed by atoms with Crippen LogP contribution in [-0.4, -0.2) is 9.36 Å². The quantitative estimate of drug-likeness (QED) is 0.864. The molecule has 90 valence electrons. The fraction of sp³-hybridized carbons (Fsp3) is 0.333. The van der Waals surface area contributed by atoms with Gasteiger partial charge < -0.3 is 5.73 Å². The summed E-state index contributed by atoms with van der Waals surface area (Å²) in [5.41, 5.74) is 9.42. The molecule has 3 nitrogen and oxygen atoms in total. The highest BCUT2D eigenvalue weighted by Crippen LogP contribution is 2.25. The molecule has 2 N–H and O–H groups in total. The molecular formula is C12H15N3S2. The molecule has 0 spiro atoms. The number of hydrogen-bond donors (Lipinski definition) is 1. The van der Waals surface area contributed by atoms with Crippen molar-refractivity contribution in [2.45, 2.75) is 30.5 Å². The van der Waals surface area contributed by atoms with Crippen molar-refractivity contribution in [1.29, 1.82) is 0 Å². The molecule has 0 atom stereocenters. The molecule has 0 radical (unpaired) electrons. The fourth-order valence-electron chi connectivity index (χ4n) is 1.52. The number of aromatic nitrogens is 2. The third-order valence-corrected chi connectivity index (χ3v) is 4.48. The fourth-order valence-corrected chi connectivity index (χ4v) is 3.25. The summed E-state index contributed by atoms with van der Waals surface area (Å²) in [4.78, 5) is 4.34. The first-order valence-corrected chi connectivity index (χ1v) is 7.16. The van der Waals surface area contributed by atoms with Crippen molar-refractivity contribution in [3.05, 3.63) is 40.7 Å². The summed E-state index contributed by atoms with van der Waals surface area (Å²) in [6.45, 7) is 4.64. The number of nitrogens with zero attached hydrogens (tertiary/aromatic N) is 2. The topological polar surface area (TPSA) is 51.8 Å². The summed E-state index contributed by atoms with van der Waals surface area (Å²) >= 11 is 3.20. The molecule has 2 aromatic rings. The first-order valence-electron chi connectivity index (χ1n) is 5.40. The standard InChI is InChI=1S/C12H15N3S2/c1-8-5-10(6-13)3-4-11(8)7-16-12-14-9(2)15-17-12/h3-5H,6-7,13H2,1-2H3. The largest absolute Gasteiger partial charge is 0.326 e. The predicted molar refractivity (Wildman–Crippen MR) is 73.3 cm³/mol. The second kappa shape index (κ2) is 5.62. The zero-order valence-corrected chi connectivity index (χ0v) is 11.6. The Labute approximate surface area is 110 Å². The Kier molecular flexibility index (Phi) is 4.15. The van der Waals surface area contributed by atoms with Gasteiger partial charge >= 0.3 is 0 Å². The van der Waals surface area contributed by atoms with Crippen molar-refractivity contribution < 1.29 is 0 Å². The third kappa shape index (κ3) is 3.28. The lowest BCUT2D eigenvalue weighted by atomic mass is 10.1. The van der Waals surface area contributed by atoms with Gasteiger partial charge in [0.25, 0.3) is 0 Å².